The summed E-state index contributed by atoms with van der Waals surface area (Å²) in [4.78, 5) is 17.0. The summed E-state index contributed by atoms with van der Waals surface area (Å²) in [5.41, 5.74) is 7.66. The van der Waals surface area contributed by atoms with Crippen LogP contribution in [0.1, 0.15) is 25.3 Å². The molecular weight excluding hydrogens is 365 g/mol. The predicted octanol–water partition coefficient (Wildman–Crippen LogP) is 4.28. The van der Waals surface area contributed by atoms with Gasteiger partial charge in [-0.25, -0.2) is 0 Å². The van der Waals surface area contributed by atoms with Crippen LogP contribution >= 0.6 is 36.6 Å². The standard InChI is InChI=1S/C17H21N3OS.2ClH/c1-13(18)4-9-17(21)20-15-5-7-16(8-6-15)22-12-14-3-2-10-19-11-14;;/h2-3,5-8,10-11,13H,4,9,12,18H2,1H3,(H,20,21);2*1H. The van der Waals surface area contributed by atoms with Crippen LogP contribution in [0.25, 0.3) is 0 Å². The molecule has 0 fully saturated rings. The summed E-state index contributed by atoms with van der Waals surface area (Å²) >= 11 is 1.75. The molecule has 0 aliphatic rings. The molecule has 1 aromatic carbocycles. The molecule has 0 bridgehead atoms. The number of amides is 1. The van der Waals surface area contributed by atoms with Crippen molar-refractivity contribution in [3.63, 3.8) is 0 Å². The average molecular weight is 388 g/mol. The molecule has 0 aliphatic carbocycles. The van der Waals surface area contributed by atoms with Crippen molar-refractivity contribution in [3.05, 3.63) is 54.4 Å². The second-order valence-corrected chi connectivity index (χ2v) is 6.29. The highest BCUT2D eigenvalue weighted by Crippen LogP contribution is 2.24. The van der Waals surface area contributed by atoms with Gasteiger partial charge in [-0.2, -0.15) is 0 Å². The number of hydrogen-bond acceptors (Lipinski definition) is 4. The van der Waals surface area contributed by atoms with Gasteiger partial charge in [-0.05, 0) is 49.2 Å². The Bertz CT molecular complexity index is 595. The van der Waals surface area contributed by atoms with Gasteiger partial charge in [0, 0.05) is 41.2 Å². The largest absolute Gasteiger partial charge is 0.328 e. The fourth-order valence-corrected chi connectivity index (χ4v) is 2.70. The fraction of sp³-hybridized carbons (Fsp3) is 0.294. The first-order valence-electron chi connectivity index (χ1n) is 7.30. The zero-order valence-corrected chi connectivity index (χ0v) is 15.9. The van der Waals surface area contributed by atoms with E-state index in [4.69, 9.17) is 5.73 Å². The van der Waals surface area contributed by atoms with Crippen LogP contribution in [0.5, 0.6) is 0 Å². The lowest BCUT2D eigenvalue weighted by molar-refractivity contribution is -0.116. The van der Waals surface area contributed by atoms with Crippen molar-refractivity contribution >= 4 is 48.2 Å². The molecule has 1 heterocycles. The number of anilines is 1. The Balaban J connectivity index is 0.00000264. The monoisotopic (exact) mass is 387 g/mol. The number of nitrogens with one attached hydrogen (secondary N) is 1. The Morgan fingerprint density at radius 1 is 1.25 bits per heavy atom. The molecule has 2 aromatic rings. The van der Waals surface area contributed by atoms with Gasteiger partial charge < -0.3 is 11.1 Å². The Morgan fingerprint density at radius 3 is 2.54 bits per heavy atom. The van der Waals surface area contributed by atoms with Crippen LogP contribution in [0.15, 0.2) is 53.7 Å². The van der Waals surface area contributed by atoms with E-state index in [2.05, 4.69) is 16.4 Å². The van der Waals surface area contributed by atoms with Crippen molar-refractivity contribution in [1.82, 2.24) is 4.98 Å². The number of halogens is 2. The molecule has 0 radical (unpaired) electrons. The molecule has 0 spiro atoms. The molecular formula is C17H23Cl2N3OS. The highest BCUT2D eigenvalue weighted by Gasteiger charge is 2.04. The van der Waals surface area contributed by atoms with E-state index in [1.807, 2.05) is 43.5 Å². The third-order valence-corrected chi connectivity index (χ3v) is 4.18. The van der Waals surface area contributed by atoms with Crippen LogP contribution in [0.4, 0.5) is 5.69 Å². The lowest BCUT2D eigenvalue weighted by Gasteiger charge is -2.08. The maximum Gasteiger partial charge on any atom is 0.224 e. The normalized spacial score (nSPS) is 10.9. The van der Waals surface area contributed by atoms with Crippen LogP contribution in [0, 0.1) is 0 Å². The van der Waals surface area contributed by atoms with Crippen molar-refractivity contribution in [2.24, 2.45) is 5.73 Å². The van der Waals surface area contributed by atoms with E-state index in [1.165, 1.54) is 5.56 Å². The maximum atomic E-state index is 11.7. The second-order valence-electron chi connectivity index (χ2n) is 5.24. The van der Waals surface area contributed by atoms with Crippen LogP contribution < -0.4 is 11.1 Å². The molecule has 1 atom stereocenters. The zero-order chi connectivity index (χ0) is 15.8. The van der Waals surface area contributed by atoms with Crippen LogP contribution in [0.2, 0.25) is 0 Å². The molecule has 3 N–H and O–H groups in total. The molecule has 1 aromatic heterocycles. The fourth-order valence-electron chi connectivity index (χ4n) is 1.87. The van der Waals surface area contributed by atoms with E-state index >= 15 is 0 Å². The van der Waals surface area contributed by atoms with Crippen LogP contribution in [-0.2, 0) is 10.5 Å². The summed E-state index contributed by atoms with van der Waals surface area (Å²) in [6.07, 6.45) is 4.80. The van der Waals surface area contributed by atoms with E-state index in [9.17, 15) is 4.79 Å². The Kier molecular flexibility index (Phi) is 11.5. The third kappa shape index (κ3) is 8.55. The second kappa shape index (κ2) is 12.1. The number of pyridine rings is 1. The minimum absolute atomic E-state index is 0. The number of carbonyl (C=O) groups is 1. The topological polar surface area (TPSA) is 68.0 Å². The van der Waals surface area contributed by atoms with Crippen molar-refractivity contribution in [2.75, 3.05) is 5.32 Å². The van der Waals surface area contributed by atoms with E-state index < -0.39 is 0 Å². The molecule has 0 saturated heterocycles. The number of nitrogens with two attached hydrogens (primary N) is 1. The number of aromatic nitrogens is 1. The highest BCUT2D eigenvalue weighted by atomic mass is 35.5. The van der Waals surface area contributed by atoms with Gasteiger partial charge in [0.15, 0.2) is 0 Å². The molecule has 1 amide bonds. The van der Waals surface area contributed by atoms with Gasteiger partial charge >= 0.3 is 0 Å². The molecule has 2 rings (SSSR count). The number of hydrogen-bond donors (Lipinski definition) is 2. The number of benzene rings is 1. The summed E-state index contributed by atoms with van der Waals surface area (Å²) in [5.74, 6) is 0.890. The smallest absolute Gasteiger partial charge is 0.224 e. The summed E-state index contributed by atoms with van der Waals surface area (Å²) < 4.78 is 0. The average Bonchev–Trinajstić information content (AvgIpc) is 2.53. The van der Waals surface area contributed by atoms with Gasteiger partial charge in [0.2, 0.25) is 5.91 Å². The van der Waals surface area contributed by atoms with E-state index in [0.29, 0.717) is 12.8 Å². The summed E-state index contributed by atoms with van der Waals surface area (Å²) in [6, 6.07) is 11.9. The lowest BCUT2D eigenvalue weighted by Crippen LogP contribution is -2.19. The quantitative estimate of drug-likeness (QED) is 0.695. The van der Waals surface area contributed by atoms with Gasteiger partial charge in [-0.3, -0.25) is 9.78 Å². The van der Waals surface area contributed by atoms with Gasteiger partial charge in [-0.15, -0.1) is 36.6 Å². The molecule has 0 saturated carbocycles. The minimum Gasteiger partial charge on any atom is -0.328 e. The number of nitrogens with zero attached hydrogens (tertiary/aromatic N) is 1. The Morgan fingerprint density at radius 2 is 1.96 bits per heavy atom. The van der Waals surface area contributed by atoms with Gasteiger partial charge in [-0.1, -0.05) is 6.07 Å². The summed E-state index contributed by atoms with van der Waals surface area (Å²) in [5, 5.41) is 2.88. The molecule has 0 aliphatic heterocycles. The molecule has 7 heteroatoms. The Labute approximate surface area is 159 Å². The SMILES string of the molecule is CC(N)CCC(=O)Nc1ccc(SCc2cccnc2)cc1.Cl.Cl. The number of thioether (sulfide) groups is 1. The molecule has 1 unspecified atom stereocenters. The molecule has 132 valence electrons. The first-order valence-corrected chi connectivity index (χ1v) is 8.29. The van der Waals surface area contributed by atoms with Crippen molar-refractivity contribution in [3.8, 4) is 0 Å². The van der Waals surface area contributed by atoms with Gasteiger partial charge in [0.05, 0.1) is 0 Å². The molecule has 4 nitrogen and oxygen atoms in total. The number of rotatable bonds is 7. The lowest BCUT2D eigenvalue weighted by atomic mass is 10.2. The van der Waals surface area contributed by atoms with Gasteiger partial charge in [0.25, 0.3) is 0 Å². The number of carbonyl (C=O) groups excluding carboxylic acids is 1. The summed E-state index contributed by atoms with van der Waals surface area (Å²) in [6.45, 7) is 1.90. The van der Waals surface area contributed by atoms with Crippen molar-refractivity contribution < 1.29 is 4.79 Å². The highest BCUT2D eigenvalue weighted by molar-refractivity contribution is 7.98. The third-order valence-electron chi connectivity index (χ3n) is 3.09. The Hall–Kier alpha value is -1.27. The first kappa shape index (κ1) is 22.7. The van der Waals surface area contributed by atoms with Gasteiger partial charge in [0.1, 0.15) is 0 Å². The van der Waals surface area contributed by atoms with Crippen molar-refractivity contribution in [1.29, 1.82) is 0 Å². The van der Waals surface area contributed by atoms with E-state index in [-0.39, 0.29) is 36.8 Å². The zero-order valence-electron chi connectivity index (χ0n) is 13.5. The van der Waals surface area contributed by atoms with Crippen molar-refractivity contribution in [2.45, 2.75) is 36.5 Å². The minimum atomic E-state index is 0. The van der Waals surface area contributed by atoms with E-state index in [0.717, 1.165) is 16.3 Å². The molecule has 24 heavy (non-hydrogen) atoms. The maximum absolute atomic E-state index is 11.7. The van der Waals surface area contributed by atoms with Crippen LogP contribution in [0.3, 0.4) is 0 Å². The van der Waals surface area contributed by atoms with E-state index in [1.54, 1.807) is 18.0 Å². The first-order chi connectivity index (χ1) is 10.6. The predicted molar refractivity (Wildman–Crippen MR) is 106 cm³/mol. The summed E-state index contributed by atoms with van der Waals surface area (Å²) in [7, 11) is 0. The van der Waals surface area contributed by atoms with Crippen LogP contribution in [-0.4, -0.2) is 16.9 Å².